The molecule has 4 nitrogen and oxygen atoms in total. The van der Waals surface area contributed by atoms with Gasteiger partial charge in [-0.05, 0) is 30.5 Å². The van der Waals surface area contributed by atoms with E-state index in [0.29, 0.717) is 11.6 Å². The molecule has 0 aliphatic heterocycles. The van der Waals surface area contributed by atoms with Crippen LogP contribution < -0.4 is 10.6 Å². The van der Waals surface area contributed by atoms with Gasteiger partial charge in [-0.2, -0.15) is 0 Å². The number of hydrogen-bond donors (Lipinski definition) is 3. The average Bonchev–Trinajstić information content (AvgIpc) is 3.20. The van der Waals surface area contributed by atoms with Crippen LogP contribution in [-0.4, -0.2) is 30.1 Å². The summed E-state index contributed by atoms with van der Waals surface area (Å²) in [6, 6.07) is 4.54. The van der Waals surface area contributed by atoms with Crippen LogP contribution >= 0.6 is 11.6 Å². The molecule has 0 saturated heterocycles. The topological polar surface area (TPSA) is 61.4 Å². The largest absolute Gasteiger partial charge is 0.387 e. The van der Waals surface area contributed by atoms with E-state index >= 15 is 0 Å². The van der Waals surface area contributed by atoms with Gasteiger partial charge in [0.1, 0.15) is 5.82 Å². The van der Waals surface area contributed by atoms with Gasteiger partial charge in [0, 0.05) is 12.6 Å². The van der Waals surface area contributed by atoms with E-state index in [0.717, 1.165) is 12.8 Å². The Kier molecular flexibility index (Phi) is 4.74. The van der Waals surface area contributed by atoms with Crippen molar-refractivity contribution in [2.24, 2.45) is 0 Å². The highest BCUT2D eigenvalue weighted by Crippen LogP contribution is 2.20. The molecule has 3 N–H and O–H groups in total. The molecular weight excluding hydrogens is 271 g/mol. The Morgan fingerprint density at radius 1 is 1.53 bits per heavy atom. The minimum absolute atomic E-state index is 0.00798. The second-order valence-electron chi connectivity index (χ2n) is 4.65. The van der Waals surface area contributed by atoms with E-state index in [1.807, 2.05) is 0 Å². The fraction of sp³-hybridized carbons (Fsp3) is 0.462. The lowest BCUT2D eigenvalue weighted by atomic mass is 10.1. The lowest BCUT2D eigenvalue weighted by Crippen LogP contribution is -2.36. The fourth-order valence-electron chi connectivity index (χ4n) is 1.64. The smallest absolute Gasteiger partial charge is 0.234 e. The van der Waals surface area contributed by atoms with Crippen LogP contribution in [0.2, 0.25) is 5.02 Å². The number of amides is 1. The highest BCUT2D eigenvalue weighted by Gasteiger charge is 2.21. The number of carbonyl (C=O) groups excluding carboxylic acids is 1. The second-order valence-corrected chi connectivity index (χ2v) is 5.06. The molecule has 6 heteroatoms. The first-order chi connectivity index (χ1) is 9.06. The maximum Gasteiger partial charge on any atom is 0.234 e. The van der Waals surface area contributed by atoms with Crippen LogP contribution in [0.15, 0.2) is 18.2 Å². The zero-order valence-corrected chi connectivity index (χ0v) is 11.1. The molecule has 1 fully saturated rings. The van der Waals surface area contributed by atoms with Crippen molar-refractivity contribution in [3.8, 4) is 0 Å². The van der Waals surface area contributed by atoms with E-state index in [1.54, 1.807) is 0 Å². The predicted molar refractivity (Wildman–Crippen MR) is 70.4 cm³/mol. The molecule has 1 atom stereocenters. The van der Waals surface area contributed by atoms with Crippen LogP contribution in [0.1, 0.15) is 24.5 Å². The number of rotatable bonds is 6. The van der Waals surface area contributed by atoms with Crippen molar-refractivity contribution in [2.75, 3.05) is 13.1 Å². The van der Waals surface area contributed by atoms with Crippen LogP contribution in [-0.2, 0) is 4.79 Å². The Bertz CT molecular complexity index is 466. The number of hydrogen-bond acceptors (Lipinski definition) is 3. The normalized spacial score (nSPS) is 16.2. The van der Waals surface area contributed by atoms with Crippen molar-refractivity contribution in [3.05, 3.63) is 34.6 Å². The van der Waals surface area contributed by atoms with Gasteiger partial charge in [-0.3, -0.25) is 4.79 Å². The van der Waals surface area contributed by atoms with Gasteiger partial charge in [-0.25, -0.2) is 4.39 Å². The van der Waals surface area contributed by atoms with Crippen LogP contribution in [0, 0.1) is 5.82 Å². The first-order valence-electron chi connectivity index (χ1n) is 6.19. The lowest BCUT2D eigenvalue weighted by molar-refractivity contribution is -0.120. The number of carbonyl (C=O) groups is 1. The van der Waals surface area contributed by atoms with Crippen molar-refractivity contribution in [1.29, 1.82) is 0 Å². The Morgan fingerprint density at radius 2 is 2.26 bits per heavy atom. The molecule has 1 unspecified atom stereocenters. The minimum Gasteiger partial charge on any atom is -0.387 e. The van der Waals surface area contributed by atoms with E-state index in [2.05, 4.69) is 10.6 Å². The number of halogens is 2. The summed E-state index contributed by atoms with van der Waals surface area (Å²) in [5.41, 5.74) is 0.386. The summed E-state index contributed by atoms with van der Waals surface area (Å²) in [7, 11) is 0. The van der Waals surface area contributed by atoms with Crippen LogP contribution in [0.3, 0.4) is 0 Å². The first kappa shape index (κ1) is 14.2. The van der Waals surface area contributed by atoms with Gasteiger partial charge >= 0.3 is 0 Å². The quantitative estimate of drug-likeness (QED) is 0.740. The standard InChI is InChI=1S/C13H16ClFN2O2/c14-10-4-1-8(5-11(10)15)12(18)6-17-13(19)7-16-9-2-3-9/h1,4-5,9,12,16,18H,2-3,6-7H2,(H,17,19). The summed E-state index contributed by atoms with van der Waals surface area (Å²) >= 11 is 5.55. The molecule has 1 amide bonds. The van der Waals surface area contributed by atoms with Crippen LogP contribution in [0.5, 0.6) is 0 Å². The molecule has 1 aliphatic rings. The van der Waals surface area contributed by atoms with E-state index in [1.165, 1.54) is 18.2 Å². The highest BCUT2D eigenvalue weighted by atomic mass is 35.5. The Labute approximate surface area is 116 Å². The van der Waals surface area contributed by atoms with Crippen molar-refractivity contribution in [2.45, 2.75) is 25.0 Å². The van der Waals surface area contributed by atoms with E-state index in [9.17, 15) is 14.3 Å². The number of aliphatic hydroxyl groups is 1. The molecule has 0 radical (unpaired) electrons. The van der Waals surface area contributed by atoms with Gasteiger partial charge in [-0.15, -0.1) is 0 Å². The molecule has 0 aromatic heterocycles. The lowest BCUT2D eigenvalue weighted by Gasteiger charge is -2.13. The van der Waals surface area contributed by atoms with Crippen molar-refractivity contribution < 1.29 is 14.3 Å². The molecular formula is C13H16ClFN2O2. The summed E-state index contributed by atoms with van der Waals surface area (Å²) in [6.45, 7) is 0.290. The van der Waals surface area contributed by atoms with E-state index < -0.39 is 11.9 Å². The Balaban J connectivity index is 1.77. The van der Waals surface area contributed by atoms with E-state index in [4.69, 9.17) is 11.6 Å². The zero-order valence-electron chi connectivity index (χ0n) is 10.3. The van der Waals surface area contributed by atoms with Gasteiger partial charge in [0.15, 0.2) is 0 Å². The monoisotopic (exact) mass is 286 g/mol. The Morgan fingerprint density at radius 3 is 2.89 bits per heavy atom. The first-order valence-corrected chi connectivity index (χ1v) is 6.57. The summed E-state index contributed by atoms with van der Waals surface area (Å²) in [6.07, 6.45) is 1.27. The van der Waals surface area contributed by atoms with Crippen molar-refractivity contribution >= 4 is 17.5 Å². The second kappa shape index (κ2) is 6.32. The Hall–Kier alpha value is -1.17. The molecule has 1 aromatic carbocycles. The van der Waals surface area contributed by atoms with E-state index in [-0.39, 0.29) is 24.0 Å². The molecule has 104 valence electrons. The maximum atomic E-state index is 13.2. The molecule has 1 aliphatic carbocycles. The molecule has 1 saturated carbocycles. The van der Waals surface area contributed by atoms with Gasteiger partial charge in [0.05, 0.1) is 17.7 Å². The zero-order chi connectivity index (χ0) is 13.8. The molecule has 1 aromatic rings. The predicted octanol–water partition coefficient (Wildman–Crippen LogP) is 1.38. The minimum atomic E-state index is -0.948. The van der Waals surface area contributed by atoms with Crippen molar-refractivity contribution in [1.82, 2.24) is 10.6 Å². The highest BCUT2D eigenvalue weighted by molar-refractivity contribution is 6.30. The van der Waals surface area contributed by atoms with Gasteiger partial charge in [0.25, 0.3) is 0 Å². The molecule has 19 heavy (non-hydrogen) atoms. The van der Waals surface area contributed by atoms with Crippen LogP contribution in [0.4, 0.5) is 4.39 Å². The molecule has 0 bridgehead atoms. The van der Waals surface area contributed by atoms with Gasteiger partial charge < -0.3 is 15.7 Å². The molecule has 0 heterocycles. The average molecular weight is 287 g/mol. The third-order valence-corrected chi connectivity index (χ3v) is 3.26. The molecule has 0 spiro atoms. The van der Waals surface area contributed by atoms with Gasteiger partial charge in [-0.1, -0.05) is 17.7 Å². The number of benzene rings is 1. The molecule has 2 rings (SSSR count). The van der Waals surface area contributed by atoms with Gasteiger partial charge in [0.2, 0.25) is 5.91 Å². The van der Waals surface area contributed by atoms with Crippen molar-refractivity contribution in [3.63, 3.8) is 0 Å². The maximum absolute atomic E-state index is 13.2. The number of nitrogens with one attached hydrogen (secondary N) is 2. The fourth-order valence-corrected chi connectivity index (χ4v) is 1.75. The summed E-state index contributed by atoms with van der Waals surface area (Å²) in [5, 5.41) is 15.5. The summed E-state index contributed by atoms with van der Waals surface area (Å²) in [5.74, 6) is -0.764. The third kappa shape index (κ3) is 4.45. The third-order valence-electron chi connectivity index (χ3n) is 2.95. The summed E-state index contributed by atoms with van der Waals surface area (Å²) in [4.78, 5) is 11.5. The SMILES string of the molecule is O=C(CNC1CC1)NCC(O)c1ccc(Cl)c(F)c1. The van der Waals surface area contributed by atoms with Crippen LogP contribution in [0.25, 0.3) is 0 Å². The summed E-state index contributed by atoms with van der Waals surface area (Å²) < 4.78 is 13.2. The number of aliphatic hydroxyl groups excluding tert-OH is 1.